The molecule has 0 saturated heterocycles. The first-order valence-electron chi connectivity index (χ1n) is 9.93. The number of hydrogen-bond donors (Lipinski definition) is 2. The molecule has 0 aliphatic heterocycles. The Hall–Kier alpha value is -3.37. The van der Waals surface area contributed by atoms with E-state index >= 15 is 0 Å². The van der Waals surface area contributed by atoms with Gasteiger partial charge in [-0.2, -0.15) is 5.10 Å². The Balaban J connectivity index is 1.63. The lowest BCUT2D eigenvalue weighted by Crippen LogP contribution is -2.20. The molecule has 0 spiro atoms. The summed E-state index contributed by atoms with van der Waals surface area (Å²) in [5.74, 6) is 0.592. The topological polar surface area (TPSA) is 98.3 Å². The number of hydrogen-bond acceptors (Lipinski definition) is 6. The van der Waals surface area contributed by atoms with Crippen LogP contribution in [0.2, 0.25) is 0 Å². The van der Waals surface area contributed by atoms with Crippen molar-refractivity contribution >= 4 is 55.6 Å². The second-order valence-electron chi connectivity index (χ2n) is 6.78. The van der Waals surface area contributed by atoms with Gasteiger partial charge in [-0.1, -0.05) is 28.1 Å². The van der Waals surface area contributed by atoms with E-state index < -0.39 is 0 Å². The van der Waals surface area contributed by atoms with Crippen LogP contribution < -0.4 is 25.0 Å². The van der Waals surface area contributed by atoms with Crippen LogP contribution in [-0.4, -0.2) is 38.9 Å². The van der Waals surface area contributed by atoms with Gasteiger partial charge in [0.1, 0.15) is 5.75 Å². The minimum Gasteiger partial charge on any atom is -0.495 e. The van der Waals surface area contributed by atoms with Crippen molar-refractivity contribution in [3.05, 3.63) is 80.7 Å². The molecule has 0 aliphatic rings. The highest BCUT2D eigenvalue weighted by molar-refractivity contribution is 9.10. The van der Waals surface area contributed by atoms with Crippen molar-refractivity contribution in [3.8, 4) is 17.2 Å². The smallest absolute Gasteiger partial charge is 0.271 e. The predicted octanol–water partition coefficient (Wildman–Crippen LogP) is 5.01. The van der Waals surface area contributed by atoms with E-state index in [0.29, 0.717) is 38.5 Å². The zero-order chi connectivity index (χ0) is 24.5. The first kappa shape index (κ1) is 25.3. The number of carbonyl (C=O) groups excluding carboxylic acids is 2. The highest BCUT2D eigenvalue weighted by atomic mass is 79.9. The van der Waals surface area contributed by atoms with Crippen LogP contribution in [0.3, 0.4) is 0 Å². The van der Waals surface area contributed by atoms with Gasteiger partial charge < -0.3 is 19.5 Å². The molecule has 10 heteroatoms. The number of anilines is 1. The van der Waals surface area contributed by atoms with Gasteiger partial charge in [-0.3, -0.25) is 9.59 Å². The summed E-state index contributed by atoms with van der Waals surface area (Å²) in [6.45, 7) is -0.246. The third-order valence-electron chi connectivity index (χ3n) is 4.47. The number of benzene rings is 3. The van der Waals surface area contributed by atoms with Gasteiger partial charge in [-0.15, -0.1) is 0 Å². The minimum absolute atomic E-state index is 0.246. The van der Waals surface area contributed by atoms with Crippen LogP contribution in [0, 0.1) is 0 Å². The maximum atomic E-state index is 12.4. The summed E-state index contributed by atoms with van der Waals surface area (Å²) in [5.41, 5.74) is 4.14. The SMILES string of the molecule is COc1ccccc1NC(=O)COc1c(Br)cc(/C=N/NC(=O)c2ccc(Br)cc2)cc1OC. The summed E-state index contributed by atoms with van der Waals surface area (Å²) in [6, 6.07) is 17.4. The molecule has 3 aromatic carbocycles. The predicted molar refractivity (Wildman–Crippen MR) is 137 cm³/mol. The molecule has 34 heavy (non-hydrogen) atoms. The number of amides is 2. The van der Waals surface area contributed by atoms with Crippen molar-refractivity contribution in [2.45, 2.75) is 0 Å². The molecular formula is C24H21Br2N3O5. The van der Waals surface area contributed by atoms with Gasteiger partial charge in [-0.05, 0) is 70.0 Å². The molecule has 8 nitrogen and oxygen atoms in total. The molecule has 176 valence electrons. The molecule has 0 radical (unpaired) electrons. The van der Waals surface area contributed by atoms with Crippen LogP contribution in [0.4, 0.5) is 5.69 Å². The lowest BCUT2D eigenvalue weighted by Gasteiger charge is -2.14. The Morgan fingerprint density at radius 1 is 0.971 bits per heavy atom. The van der Waals surface area contributed by atoms with Gasteiger partial charge in [0.25, 0.3) is 11.8 Å². The summed E-state index contributed by atoms with van der Waals surface area (Å²) >= 11 is 6.76. The first-order valence-corrected chi connectivity index (χ1v) is 11.5. The highest BCUT2D eigenvalue weighted by Crippen LogP contribution is 2.36. The largest absolute Gasteiger partial charge is 0.495 e. The van der Waals surface area contributed by atoms with Gasteiger partial charge in [0.05, 0.1) is 30.6 Å². The van der Waals surface area contributed by atoms with E-state index in [-0.39, 0.29) is 18.4 Å². The monoisotopic (exact) mass is 589 g/mol. The molecule has 3 aromatic rings. The van der Waals surface area contributed by atoms with Crippen molar-refractivity contribution in [2.24, 2.45) is 5.10 Å². The fourth-order valence-corrected chi connectivity index (χ4v) is 3.70. The van der Waals surface area contributed by atoms with Crippen LogP contribution in [0.25, 0.3) is 0 Å². The number of nitrogens with zero attached hydrogens (tertiary/aromatic N) is 1. The van der Waals surface area contributed by atoms with Gasteiger partial charge in [-0.25, -0.2) is 5.43 Å². The van der Waals surface area contributed by atoms with Gasteiger partial charge in [0.2, 0.25) is 0 Å². The van der Waals surface area contributed by atoms with Gasteiger partial charge in [0, 0.05) is 10.0 Å². The summed E-state index contributed by atoms with van der Waals surface area (Å²) in [4.78, 5) is 24.5. The van der Waals surface area contributed by atoms with Crippen molar-refractivity contribution in [1.82, 2.24) is 5.43 Å². The minimum atomic E-state index is -0.361. The molecule has 0 unspecified atom stereocenters. The maximum absolute atomic E-state index is 12.4. The van der Waals surface area contributed by atoms with Crippen LogP contribution in [0.1, 0.15) is 15.9 Å². The van der Waals surface area contributed by atoms with Crippen LogP contribution in [0.15, 0.2) is 74.7 Å². The average molecular weight is 591 g/mol. The van der Waals surface area contributed by atoms with E-state index in [9.17, 15) is 9.59 Å². The number of methoxy groups -OCH3 is 2. The average Bonchev–Trinajstić information content (AvgIpc) is 2.83. The maximum Gasteiger partial charge on any atom is 0.271 e. The standard InChI is InChI=1S/C24H21Br2N3O5/c1-32-20-6-4-3-5-19(20)28-22(30)14-34-23-18(26)11-15(12-21(23)33-2)13-27-29-24(31)16-7-9-17(25)10-8-16/h3-13H,14H2,1-2H3,(H,28,30)(H,29,31)/b27-13+. The van der Waals surface area contributed by atoms with E-state index in [1.165, 1.54) is 20.4 Å². The molecule has 0 atom stereocenters. The zero-order valence-corrected chi connectivity index (χ0v) is 21.5. The molecule has 0 fully saturated rings. The summed E-state index contributed by atoms with van der Waals surface area (Å²) < 4.78 is 17.8. The number of para-hydroxylation sites is 2. The Morgan fingerprint density at radius 3 is 2.38 bits per heavy atom. The quantitative estimate of drug-likeness (QED) is 0.270. The molecule has 0 aromatic heterocycles. The zero-order valence-electron chi connectivity index (χ0n) is 18.3. The summed E-state index contributed by atoms with van der Waals surface area (Å²) in [6.07, 6.45) is 1.47. The molecule has 0 bridgehead atoms. The molecule has 0 saturated carbocycles. The second-order valence-corrected chi connectivity index (χ2v) is 8.55. The lowest BCUT2D eigenvalue weighted by atomic mass is 10.2. The Bertz CT molecular complexity index is 1200. The number of halogens is 2. The van der Waals surface area contributed by atoms with Crippen molar-refractivity contribution < 1.29 is 23.8 Å². The number of nitrogens with one attached hydrogen (secondary N) is 2. The lowest BCUT2D eigenvalue weighted by molar-refractivity contribution is -0.118. The van der Waals surface area contributed by atoms with Gasteiger partial charge in [0.15, 0.2) is 18.1 Å². The third kappa shape index (κ3) is 6.82. The molecule has 0 heterocycles. The number of rotatable bonds is 9. The normalized spacial score (nSPS) is 10.6. The third-order valence-corrected chi connectivity index (χ3v) is 5.58. The van der Waals surface area contributed by atoms with Gasteiger partial charge >= 0.3 is 0 Å². The number of hydrazone groups is 1. The Morgan fingerprint density at radius 2 is 1.68 bits per heavy atom. The Labute approximate surface area is 213 Å². The van der Waals surface area contributed by atoms with E-state index in [4.69, 9.17) is 14.2 Å². The number of ether oxygens (including phenoxy) is 3. The van der Waals surface area contributed by atoms with E-state index in [1.807, 2.05) is 6.07 Å². The second kappa shape index (κ2) is 12.2. The van der Waals surface area contributed by atoms with Crippen molar-refractivity contribution in [3.63, 3.8) is 0 Å². The number of carbonyl (C=O) groups is 2. The van der Waals surface area contributed by atoms with Crippen molar-refractivity contribution in [2.75, 3.05) is 26.1 Å². The first-order chi connectivity index (χ1) is 16.4. The summed E-state index contributed by atoms with van der Waals surface area (Å²) in [7, 11) is 3.01. The molecule has 3 rings (SSSR count). The van der Waals surface area contributed by atoms with Crippen LogP contribution in [0.5, 0.6) is 17.2 Å². The molecular weight excluding hydrogens is 570 g/mol. The van der Waals surface area contributed by atoms with E-state index in [1.54, 1.807) is 54.6 Å². The van der Waals surface area contributed by atoms with E-state index in [2.05, 4.69) is 47.7 Å². The molecule has 0 aliphatic carbocycles. The fourth-order valence-electron chi connectivity index (χ4n) is 2.86. The van der Waals surface area contributed by atoms with Crippen molar-refractivity contribution in [1.29, 1.82) is 0 Å². The molecule has 2 N–H and O–H groups in total. The Kier molecular flexibility index (Phi) is 9.06. The molecule has 2 amide bonds. The van der Waals surface area contributed by atoms with Crippen LogP contribution in [-0.2, 0) is 4.79 Å². The summed E-state index contributed by atoms with van der Waals surface area (Å²) in [5, 5.41) is 6.74. The highest BCUT2D eigenvalue weighted by Gasteiger charge is 2.14. The van der Waals surface area contributed by atoms with Crippen LogP contribution >= 0.6 is 31.9 Å². The van der Waals surface area contributed by atoms with E-state index in [0.717, 1.165) is 4.47 Å². The fraction of sp³-hybridized carbons (Fsp3) is 0.125.